The van der Waals surface area contributed by atoms with Gasteiger partial charge in [0, 0.05) is 24.4 Å². The van der Waals surface area contributed by atoms with E-state index in [0.29, 0.717) is 10.8 Å². The normalized spacial score (nSPS) is 10.5. The predicted molar refractivity (Wildman–Crippen MR) is 76.3 cm³/mol. The third-order valence-corrected chi connectivity index (χ3v) is 3.45. The van der Waals surface area contributed by atoms with Crippen LogP contribution in [0.1, 0.15) is 6.92 Å². The maximum Gasteiger partial charge on any atom is 0.437 e. The first-order chi connectivity index (χ1) is 10.1. The molecule has 0 aliphatic rings. The standard InChI is InChI=1S/C13H10N4O3S/c1-8(18)14-13-15-10(7-21-13)11-12(19)20-16-17(11)9-5-3-2-4-6-9/h2-7H,1H3,(H-,14,15,16,18,19)/p+1. The first-order valence-electron chi connectivity index (χ1n) is 6.07. The first kappa shape index (κ1) is 13.3. The molecule has 0 unspecified atom stereocenters. The van der Waals surface area contributed by atoms with Crippen molar-refractivity contribution < 1.29 is 14.0 Å². The molecule has 0 saturated heterocycles. The highest BCUT2D eigenvalue weighted by Crippen LogP contribution is 2.21. The van der Waals surface area contributed by atoms with Gasteiger partial charge in [0.15, 0.2) is 10.8 Å². The van der Waals surface area contributed by atoms with E-state index in [1.54, 1.807) is 5.38 Å². The number of carbonyl (C=O) groups excluding carboxylic acids is 1. The van der Waals surface area contributed by atoms with Crippen molar-refractivity contribution in [3.05, 3.63) is 46.1 Å². The van der Waals surface area contributed by atoms with Gasteiger partial charge in [0.05, 0.1) is 0 Å². The Kier molecular flexibility index (Phi) is 3.36. The third-order valence-electron chi connectivity index (χ3n) is 2.69. The minimum Gasteiger partial charge on any atom is -0.302 e. The number of thiazole rings is 1. The number of benzene rings is 1. The molecule has 2 heterocycles. The number of aromatic amines is 1. The molecular weight excluding hydrogens is 292 g/mol. The average Bonchev–Trinajstić information content (AvgIpc) is 3.05. The van der Waals surface area contributed by atoms with Gasteiger partial charge in [0.25, 0.3) is 0 Å². The van der Waals surface area contributed by atoms with E-state index in [1.807, 2.05) is 30.3 Å². The molecule has 2 N–H and O–H groups in total. The number of para-hydroxylation sites is 1. The summed E-state index contributed by atoms with van der Waals surface area (Å²) < 4.78 is 6.36. The summed E-state index contributed by atoms with van der Waals surface area (Å²) in [5.74, 6) is -0.215. The lowest BCUT2D eigenvalue weighted by Gasteiger charge is -1.93. The molecule has 2 aromatic heterocycles. The van der Waals surface area contributed by atoms with Crippen molar-refractivity contribution in [2.24, 2.45) is 0 Å². The molecule has 1 amide bonds. The van der Waals surface area contributed by atoms with Gasteiger partial charge in [-0.3, -0.25) is 9.32 Å². The molecule has 0 saturated carbocycles. The maximum absolute atomic E-state index is 11.9. The van der Waals surface area contributed by atoms with Crippen molar-refractivity contribution in [2.45, 2.75) is 6.92 Å². The molecule has 0 atom stereocenters. The number of hydrogen-bond donors (Lipinski definition) is 2. The van der Waals surface area contributed by atoms with Crippen LogP contribution < -0.4 is 15.6 Å². The van der Waals surface area contributed by atoms with Crippen LogP contribution in [0, 0.1) is 0 Å². The summed E-state index contributed by atoms with van der Waals surface area (Å²) in [7, 11) is 0. The minimum atomic E-state index is -0.529. The number of carbonyl (C=O) groups is 1. The summed E-state index contributed by atoms with van der Waals surface area (Å²) >= 11 is 1.24. The van der Waals surface area contributed by atoms with Gasteiger partial charge in [-0.2, -0.15) is 0 Å². The summed E-state index contributed by atoms with van der Waals surface area (Å²) in [6.45, 7) is 1.40. The topological polar surface area (TPSA) is 91.9 Å². The Labute approximate surface area is 122 Å². The third kappa shape index (κ3) is 2.61. The van der Waals surface area contributed by atoms with Crippen molar-refractivity contribution in [3.63, 3.8) is 0 Å². The van der Waals surface area contributed by atoms with Crippen molar-refractivity contribution in [2.75, 3.05) is 5.32 Å². The van der Waals surface area contributed by atoms with Crippen LogP contribution in [0.4, 0.5) is 5.13 Å². The highest BCUT2D eigenvalue weighted by atomic mass is 32.1. The monoisotopic (exact) mass is 303 g/mol. The van der Waals surface area contributed by atoms with Crippen LogP contribution in [0.3, 0.4) is 0 Å². The number of rotatable bonds is 3. The summed E-state index contributed by atoms with van der Waals surface area (Å²) in [4.78, 5) is 27.2. The van der Waals surface area contributed by atoms with Crippen molar-refractivity contribution in [3.8, 4) is 17.1 Å². The zero-order valence-corrected chi connectivity index (χ0v) is 11.8. The van der Waals surface area contributed by atoms with E-state index in [9.17, 15) is 9.59 Å². The Bertz CT molecular complexity index is 834. The molecule has 8 heteroatoms. The van der Waals surface area contributed by atoms with Crippen LogP contribution in [-0.2, 0) is 4.79 Å². The summed E-state index contributed by atoms with van der Waals surface area (Å²) in [6, 6.07) is 9.23. The summed E-state index contributed by atoms with van der Waals surface area (Å²) in [6.07, 6.45) is 0. The van der Waals surface area contributed by atoms with E-state index in [1.165, 1.54) is 22.9 Å². The van der Waals surface area contributed by atoms with Crippen LogP contribution in [0.2, 0.25) is 0 Å². The van der Waals surface area contributed by atoms with Gasteiger partial charge in [-0.05, 0) is 9.95 Å². The van der Waals surface area contributed by atoms with Crippen LogP contribution in [-0.4, -0.2) is 16.2 Å². The Morgan fingerprint density at radius 2 is 2.14 bits per heavy atom. The molecule has 1 aromatic carbocycles. The quantitative estimate of drug-likeness (QED) is 0.714. The number of H-pyrrole nitrogens is 1. The van der Waals surface area contributed by atoms with Gasteiger partial charge in [-0.25, -0.2) is 9.78 Å². The van der Waals surface area contributed by atoms with E-state index in [-0.39, 0.29) is 11.6 Å². The molecule has 0 bridgehead atoms. The van der Waals surface area contributed by atoms with Gasteiger partial charge in [0.2, 0.25) is 11.6 Å². The largest absolute Gasteiger partial charge is 0.437 e. The Balaban J connectivity index is 2.07. The van der Waals surface area contributed by atoms with Crippen LogP contribution in [0.15, 0.2) is 45.0 Å². The lowest BCUT2D eigenvalue weighted by molar-refractivity contribution is -0.660. The lowest BCUT2D eigenvalue weighted by Crippen LogP contribution is -2.36. The Morgan fingerprint density at radius 3 is 2.86 bits per heavy atom. The zero-order valence-electron chi connectivity index (χ0n) is 11.0. The molecule has 21 heavy (non-hydrogen) atoms. The predicted octanol–water partition coefficient (Wildman–Crippen LogP) is 1.33. The molecule has 3 aromatic rings. The van der Waals surface area contributed by atoms with E-state index in [2.05, 4.69) is 15.6 Å². The second-order valence-electron chi connectivity index (χ2n) is 4.22. The van der Waals surface area contributed by atoms with Crippen LogP contribution in [0.5, 0.6) is 0 Å². The van der Waals surface area contributed by atoms with E-state index < -0.39 is 5.63 Å². The molecule has 3 rings (SSSR count). The highest BCUT2D eigenvalue weighted by Gasteiger charge is 2.27. The van der Waals surface area contributed by atoms with Crippen molar-refractivity contribution in [1.29, 1.82) is 0 Å². The van der Waals surface area contributed by atoms with E-state index in [4.69, 9.17) is 4.52 Å². The molecule has 0 aliphatic carbocycles. The molecule has 0 fully saturated rings. The number of nitrogens with zero attached hydrogens (tertiary/aromatic N) is 2. The van der Waals surface area contributed by atoms with E-state index in [0.717, 1.165) is 5.69 Å². The molecule has 7 nitrogen and oxygen atoms in total. The maximum atomic E-state index is 11.9. The molecular formula is C13H11N4O3S+. The van der Waals surface area contributed by atoms with Crippen LogP contribution >= 0.6 is 11.3 Å². The Hall–Kier alpha value is -2.74. The molecule has 106 valence electrons. The zero-order chi connectivity index (χ0) is 14.8. The average molecular weight is 303 g/mol. The number of hydrogen-bond acceptors (Lipinski definition) is 5. The fourth-order valence-electron chi connectivity index (χ4n) is 1.84. The van der Waals surface area contributed by atoms with Gasteiger partial charge in [0.1, 0.15) is 0 Å². The number of nitrogens with one attached hydrogen (secondary N) is 2. The number of amides is 1. The van der Waals surface area contributed by atoms with Crippen molar-refractivity contribution >= 4 is 22.4 Å². The Morgan fingerprint density at radius 1 is 1.38 bits per heavy atom. The van der Waals surface area contributed by atoms with Gasteiger partial charge >= 0.3 is 11.3 Å². The van der Waals surface area contributed by atoms with Crippen LogP contribution in [0.25, 0.3) is 17.1 Å². The SMILES string of the molecule is CC(=O)Nc1nc(-c2c(=O)o[nH][n+]2-c2ccccc2)cs1. The van der Waals surface area contributed by atoms with E-state index >= 15 is 0 Å². The molecule has 0 aliphatic heterocycles. The first-order valence-corrected chi connectivity index (χ1v) is 6.95. The fourth-order valence-corrected chi connectivity index (χ4v) is 2.58. The number of aromatic nitrogens is 3. The molecule has 0 spiro atoms. The minimum absolute atomic E-state index is 0.215. The highest BCUT2D eigenvalue weighted by molar-refractivity contribution is 7.14. The smallest absolute Gasteiger partial charge is 0.302 e. The second kappa shape index (κ2) is 5.33. The fraction of sp³-hybridized carbons (Fsp3) is 0.0769. The van der Waals surface area contributed by atoms with Gasteiger partial charge in [-0.1, -0.05) is 18.2 Å². The summed E-state index contributed by atoms with van der Waals surface area (Å²) in [5, 5.41) is 7.24. The van der Waals surface area contributed by atoms with Gasteiger partial charge in [-0.15, -0.1) is 11.3 Å². The van der Waals surface area contributed by atoms with Gasteiger partial charge < -0.3 is 5.32 Å². The van der Waals surface area contributed by atoms with Crippen molar-refractivity contribution in [1.82, 2.24) is 10.3 Å². The lowest BCUT2D eigenvalue weighted by atomic mass is 10.3. The second-order valence-corrected chi connectivity index (χ2v) is 5.08. The molecule has 0 radical (unpaired) electrons. The number of anilines is 1. The summed E-state index contributed by atoms with van der Waals surface area (Å²) in [5.41, 5.74) is 0.919.